The smallest absolute Gasteiger partial charge is 0.279 e. The van der Waals surface area contributed by atoms with Crippen molar-refractivity contribution >= 4 is 11.8 Å². The minimum atomic E-state index is -0.758. The summed E-state index contributed by atoms with van der Waals surface area (Å²) in [7, 11) is 0. The molecule has 0 fully saturated rings. The molecular weight excluding hydrogens is 332 g/mol. The Morgan fingerprint density at radius 2 is 1.73 bits per heavy atom. The van der Waals surface area contributed by atoms with Crippen LogP contribution in [0.1, 0.15) is 59.7 Å². The van der Waals surface area contributed by atoms with Crippen LogP contribution in [0, 0.1) is 20.8 Å². The standard InChI is InChI=1S/C20H26N2O4/c1-11(2)17-8-7-16(9-12(17)3)26-15(6)19(23)21-22-20(24)18-10-13(4)25-14(18)5/h7-11,15H,1-6H3,(H,21,23)(H,22,24). The van der Waals surface area contributed by atoms with Crippen LogP contribution in [0.5, 0.6) is 5.75 Å². The van der Waals surface area contributed by atoms with Gasteiger partial charge in [-0.05, 0) is 62.9 Å². The molecule has 0 aliphatic carbocycles. The van der Waals surface area contributed by atoms with Crippen LogP contribution in [0.3, 0.4) is 0 Å². The molecule has 6 nitrogen and oxygen atoms in total. The van der Waals surface area contributed by atoms with Crippen LogP contribution in [-0.2, 0) is 4.79 Å². The molecule has 1 aromatic heterocycles. The Hall–Kier alpha value is -2.76. The van der Waals surface area contributed by atoms with Crippen LogP contribution in [0.2, 0.25) is 0 Å². The van der Waals surface area contributed by atoms with Crippen molar-refractivity contribution in [2.75, 3.05) is 0 Å². The number of hydrogen-bond donors (Lipinski definition) is 2. The van der Waals surface area contributed by atoms with Crippen LogP contribution in [0.25, 0.3) is 0 Å². The van der Waals surface area contributed by atoms with E-state index in [1.807, 2.05) is 25.1 Å². The minimum Gasteiger partial charge on any atom is -0.481 e. The third-order valence-corrected chi connectivity index (χ3v) is 4.13. The largest absolute Gasteiger partial charge is 0.481 e. The Bertz CT molecular complexity index is 808. The lowest BCUT2D eigenvalue weighted by atomic mass is 9.98. The second kappa shape index (κ2) is 8.08. The van der Waals surface area contributed by atoms with Gasteiger partial charge in [0.1, 0.15) is 17.3 Å². The molecule has 2 amide bonds. The van der Waals surface area contributed by atoms with Crippen LogP contribution < -0.4 is 15.6 Å². The van der Waals surface area contributed by atoms with E-state index in [1.165, 1.54) is 5.56 Å². The van der Waals surface area contributed by atoms with Gasteiger partial charge in [-0.2, -0.15) is 0 Å². The zero-order chi connectivity index (χ0) is 19.4. The molecule has 2 rings (SSSR count). The molecule has 0 radical (unpaired) electrons. The van der Waals surface area contributed by atoms with Gasteiger partial charge in [0, 0.05) is 0 Å². The van der Waals surface area contributed by atoms with Crippen LogP contribution >= 0.6 is 0 Å². The number of rotatable bonds is 5. The van der Waals surface area contributed by atoms with E-state index in [9.17, 15) is 9.59 Å². The first-order chi connectivity index (χ1) is 12.2. The zero-order valence-electron chi connectivity index (χ0n) is 16.1. The quantitative estimate of drug-likeness (QED) is 0.801. The van der Waals surface area contributed by atoms with E-state index in [4.69, 9.17) is 9.15 Å². The van der Waals surface area contributed by atoms with E-state index < -0.39 is 17.9 Å². The topological polar surface area (TPSA) is 80.6 Å². The lowest BCUT2D eigenvalue weighted by Crippen LogP contribution is -2.47. The molecule has 0 saturated heterocycles. The fourth-order valence-corrected chi connectivity index (χ4v) is 2.77. The maximum absolute atomic E-state index is 12.2. The highest BCUT2D eigenvalue weighted by Gasteiger charge is 2.18. The average Bonchev–Trinajstić information content (AvgIpc) is 2.90. The van der Waals surface area contributed by atoms with Gasteiger partial charge in [0.2, 0.25) is 0 Å². The number of ether oxygens (including phenoxy) is 1. The van der Waals surface area contributed by atoms with Crippen molar-refractivity contribution in [1.82, 2.24) is 10.9 Å². The van der Waals surface area contributed by atoms with E-state index >= 15 is 0 Å². The molecule has 1 unspecified atom stereocenters. The average molecular weight is 358 g/mol. The number of hydrazine groups is 1. The Labute approximate surface area is 153 Å². The summed E-state index contributed by atoms with van der Waals surface area (Å²) in [5, 5.41) is 0. The van der Waals surface area contributed by atoms with Crippen molar-refractivity contribution in [3.05, 3.63) is 52.5 Å². The molecule has 6 heteroatoms. The van der Waals surface area contributed by atoms with Gasteiger partial charge in [-0.1, -0.05) is 19.9 Å². The maximum Gasteiger partial charge on any atom is 0.279 e. The van der Waals surface area contributed by atoms with E-state index in [2.05, 4.69) is 24.7 Å². The molecular formula is C20H26N2O4. The highest BCUT2D eigenvalue weighted by molar-refractivity contribution is 5.96. The SMILES string of the molecule is Cc1cc(C(=O)NNC(=O)C(C)Oc2ccc(C(C)C)c(C)c2)c(C)o1. The Balaban J connectivity index is 1.92. The Kier molecular flexibility index (Phi) is 6.08. The fourth-order valence-electron chi connectivity index (χ4n) is 2.77. The van der Waals surface area contributed by atoms with Gasteiger partial charge >= 0.3 is 0 Å². The molecule has 0 saturated carbocycles. The van der Waals surface area contributed by atoms with Gasteiger partial charge < -0.3 is 9.15 Å². The second-order valence-electron chi connectivity index (χ2n) is 6.70. The predicted molar refractivity (Wildman–Crippen MR) is 99.1 cm³/mol. The summed E-state index contributed by atoms with van der Waals surface area (Å²) in [6.07, 6.45) is -0.758. The molecule has 1 atom stereocenters. The molecule has 1 heterocycles. The number of amides is 2. The van der Waals surface area contributed by atoms with Crippen LogP contribution in [-0.4, -0.2) is 17.9 Å². The summed E-state index contributed by atoms with van der Waals surface area (Å²) in [6, 6.07) is 7.39. The van der Waals surface area contributed by atoms with Crippen molar-refractivity contribution in [3.63, 3.8) is 0 Å². The fraction of sp³-hybridized carbons (Fsp3) is 0.400. The van der Waals surface area contributed by atoms with Gasteiger partial charge in [0.05, 0.1) is 5.56 Å². The van der Waals surface area contributed by atoms with Crippen molar-refractivity contribution in [1.29, 1.82) is 0 Å². The maximum atomic E-state index is 12.2. The first-order valence-corrected chi connectivity index (χ1v) is 8.63. The second-order valence-corrected chi connectivity index (χ2v) is 6.70. The number of carbonyl (C=O) groups excluding carboxylic acids is 2. The van der Waals surface area contributed by atoms with Gasteiger partial charge in [0.25, 0.3) is 11.8 Å². The molecule has 0 spiro atoms. The van der Waals surface area contributed by atoms with Crippen LogP contribution in [0.15, 0.2) is 28.7 Å². The normalized spacial score (nSPS) is 12.0. The zero-order valence-corrected chi connectivity index (χ0v) is 16.1. The monoisotopic (exact) mass is 358 g/mol. The van der Waals surface area contributed by atoms with Crippen LogP contribution in [0.4, 0.5) is 0 Å². The first-order valence-electron chi connectivity index (χ1n) is 8.63. The highest BCUT2D eigenvalue weighted by Crippen LogP contribution is 2.24. The number of carbonyl (C=O) groups is 2. The molecule has 26 heavy (non-hydrogen) atoms. The number of benzene rings is 1. The minimum absolute atomic E-state index is 0.385. The summed E-state index contributed by atoms with van der Waals surface area (Å²) in [4.78, 5) is 24.2. The van der Waals surface area contributed by atoms with E-state index in [1.54, 1.807) is 26.8 Å². The van der Waals surface area contributed by atoms with E-state index in [0.717, 1.165) is 5.56 Å². The molecule has 0 aliphatic rings. The molecule has 2 N–H and O–H groups in total. The summed E-state index contributed by atoms with van der Waals surface area (Å²) in [6.45, 7) is 11.3. The van der Waals surface area contributed by atoms with Crippen molar-refractivity contribution < 1.29 is 18.7 Å². The summed E-state index contributed by atoms with van der Waals surface area (Å²) in [5.74, 6) is 1.30. The number of nitrogens with one attached hydrogen (secondary N) is 2. The molecule has 1 aromatic carbocycles. The molecule has 0 bridgehead atoms. The molecule has 0 aliphatic heterocycles. The predicted octanol–water partition coefficient (Wildman–Crippen LogP) is 3.56. The number of hydrogen-bond acceptors (Lipinski definition) is 4. The number of furan rings is 1. The summed E-state index contributed by atoms with van der Waals surface area (Å²) in [5.41, 5.74) is 7.50. The highest BCUT2D eigenvalue weighted by atomic mass is 16.5. The van der Waals surface area contributed by atoms with Gasteiger partial charge in [-0.3, -0.25) is 20.4 Å². The van der Waals surface area contributed by atoms with E-state index in [-0.39, 0.29) is 0 Å². The van der Waals surface area contributed by atoms with Crippen molar-refractivity contribution in [3.8, 4) is 5.75 Å². The summed E-state index contributed by atoms with van der Waals surface area (Å²) >= 11 is 0. The van der Waals surface area contributed by atoms with Crippen molar-refractivity contribution in [2.45, 2.75) is 53.6 Å². The van der Waals surface area contributed by atoms with E-state index in [0.29, 0.717) is 28.8 Å². The van der Waals surface area contributed by atoms with Gasteiger partial charge in [-0.25, -0.2) is 0 Å². The lowest BCUT2D eigenvalue weighted by Gasteiger charge is -2.17. The van der Waals surface area contributed by atoms with Gasteiger partial charge in [0.15, 0.2) is 6.10 Å². The summed E-state index contributed by atoms with van der Waals surface area (Å²) < 4.78 is 11.0. The Morgan fingerprint density at radius 1 is 1.04 bits per heavy atom. The third kappa shape index (κ3) is 4.65. The lowest BCUT2D eigenvalue weighted by molar-refractivity contribution is -0.128. The Morgan fingerprint density at radius 3 is 2.27 bits per heavy atom. The molecule has 140 valence electrons. The van der Waals surface area contributed by atoms with Crippen molar-refractivity contribution in [2.24, 2.45) is 0 Å². The molecule has 2 aromatic rings. The van der Waals surface area contributed by atoms with Gasteiger partial charge in [-0.15, -0.1) is 0 Å². The first kappa shape index (κ1) is 19.6. The number of aryl methyl sites for hydroxylation is 3. The third-order valence-electron chi connectivity index (χ3n) is 4.13.